The van der Waals surface area contributed by atoms with Crippen molar-refractivity contribution < 1.29 is 9.85 Å². The molecular formula is C16H20N4O4. The van der Waals surface area contributed by atoms with Crippen LogP contribution >= 0.6 is 0 Å². The SMILES string of the molecule is CC/C=C\C/C=C\CC/C=N/Nc1ccc([N+](=O)[O-])cc1[N+](=O)[O-]. The number of non-ortho nitro benzene ring substituents is 1. The molecule has 0 atom stereocenters. The number of hydrogen-bond donors (Lipinski definition) is 1. The molecule has 1 rings (SSSR count). The number of hydrazone groups is 1. The molecule has 0 radical (unpaired) electrons. The normalized spacial score (nSPS) is 11.5. The Morgan fingerprint density at radius 1 is 1.08 bits per heavy atom. The minimum Gasteiger partial charge on any atom is -0.272 e. The van der Waals surface area contributed by atoms with E-state index in [1.54, 1.807) is 6.21 Å². The summed E-state index contributed by atoms with van der Waals surface area (Å²) in [4.78, 5) is 20.2. The number of nitrogens with one attached hydrogen (secondary N) is 1. The highest BCUT2D eigenvalue weighted by atomic mass is 16.6. The van der Waals surface area contributed by atoms with E-state index < -0.39 is 9.85 Å². The summed E-state index contributed by atoms with van der Waals surface area (Å²) in [6.07, 6.45) is 13.3. The summed E-state index contributed by atoms with van der Waals surface area (Å²) in [5.41, 5.74) is 1.94. The van der Waals surface area contributed by atoms with Crippen molar-refractivity contribution in [3.8, 4) is 0 Å². The van der Waals surface area contributed by atoms with Gasteiger partial charge in [0.1, 0.15) is 5.69 Å². The quantitative estimate of drug-likeness (QED) is 0.221. The second kappa shape index (κ2) is 10.7. The van der Waals surface area contributed by atoms with Gasteiger partial charge in [-0.05, 0) is 31.7 Å². The summed E-state index contributed by atoms with van der Waals surface area (Å²) in [7, 11) is 0. The highest BCUT2D eigenvalue weighted by Crippen LogP contribution is 2.28. The van der Waals surface area contributed by atoms with E-state index in [-0.39, 0.29) is 17.1 Å². The van der Waals surface area contributed by atoms with Crippen molar-refractivity contribution >= 4 is 23.3 Å². The van der Waals surface area contributed by atoms with Crippen molar-refractivity contribution in [3.63, 3.8) is 0 Å². The third-order valence-electron chi connectivity index (χ3n) is 2.97. The molecule has 0 unspecified atom stereocenters. The first-order valence-electron chi connectivity index (χ1n) is 7.56. The maximum atomic E-state index is 11.0. The third kappa shape index (κ3) is 6.82. The topological polar surface area (TPSA) is 111 Å². The fourth-order valence-electron chi connectivity index (χ4n) is 1.79. The molecule has 24 heavy (non-hydrogen) atoms. The van der Waals surface area contributed by atoms with Crippen molar-refractivity contribution in [2.24, 2.45) is 5.10 Å². The van der Waals surface area contributed by atoms with Gasteiger partial charge in [0.05, 0.1) is 15.9 Å². The zero-order chi connectivity index (χ0) is 17.8. The molecule has 1 N–H and O–H groups in total. The summed E-state index contributed by atoms with van der Waals surface area (Å²) < 4.78 is 0. The lowest BCUT2D eigenvalue weighted by molar-refractivity contribution is -0.393. The summed E-state index contributed by atoms with van der Waals surface area (Å²) in [6.45, 7) is 2.08. The summed E-state index contributed by atoms with van der Waals surface area (Å²) in [5.74, 6) is 0. The predicted octanol–water partition coefficient (Wildman–Crippen LogP) is 4.59. The molecule has 0 aliphatic heterocycles. The average Bonchev–Trinajstić information content (AvgIpc) is 2.56. The number of unbranched alkanes of at least 4 members (excludes halogenated alkanes) is 1. The minimum atomic E-state index is -0.683. The summed E-state index contributed by atoms with van der Waals surface area (Å²) in [5, 5.41) is 25.5. The Hall–Kier alpha value is -3.03. The first-order valence-corrected chi connectivity index (χ1v) is 7.56. The van der Waals surface area contributed by atoms with Crippen LogP contribution in [0.25, 0.3) is 0 Å². The highest BCUT2D eigenvalue weighted by Gasteiger charge is 2.18. The molecule has 0 aliphatic carbocycles. The van der Waals surface area contributed by atoms with E-state index in [4.69, 9.17) is 0 Å². The lowest BCUT2D eigenvalue weighted by atomic mass is 10.2. The van der Waals surface area contributed by atoms with Gasteiger partial charge in [-0.1, -0.05) is 31.2 Å². The van der Waals surface area contributed by atoms with Gasteiger partial charge >= 0.3 is 5.69 Å². The van der Waals surface area contributed by atoms with Crippen molar-refractivity contribution in [1.82, 2.24) is 0 Å². The molecule has 0 aromatic heterocycles. The van der Waals surface area contributed by atoms with Crippen LogP contribution in [0.15, 0.2) is 47.6 Å². The molecule has 0 fully saturated rings. The van der Waals surface area contributed by atoms with Gasteiger partial charge in [-0.3, -0.25) is 25.7 Å². The fraction of sp³-hybridized carbons (Fsp3) is 0.312. The van der Waals surface area contributed by atoms with Gasteiger partial charge in [0.15, 0.2) is 0 Å². The number of nitro groups is 2. The average molecular weight is 332 g/mol. The molecule has 1 aromatic carbocycles. The molecule has 0 aliphatic rings. The van der Waals surface area contributed by atoms with Gasteiger partial charge in [-0.15, -0.1) is 0 Å². The van der Waals surface area contributed by atoms with Gasteiger partial charge in [-0.25, -0.2) is 0 Å². The van der Waals surface area contributed by atoms with Gasteiger partial charge in [-0.2, -0.15) is 5.10 Å². The fourth-order valence-corrected chi connectivity index (χ4v) is 1.79. The third-order valence-corrected chi connectivity index (χ3v) is 2.97. The molecule has 128 valence electrons. The highest BCUT2D eigenvalue weighted by molar-refractivity contribution is 5.67. The molecular weight excluding hydrogens is 312 g/mol. The van der Waals surface area contributed by atoms with Crippen LogP contribution in [0, 0.1) is 20.2 Å². The van der Waals surface area contributed by atoms with E-state index in [2.05, 4.69) is 35.7 Å². The Kier molecular flexibility index (Phi) is 8.44. The Labute approximate surface area is 139 Å². The van der Waals surface area contributed by atoms with E-state index in [1.807, 2.05) is 6.08 Å². The van der Waals surface area contributed by atoms with E-state index in [0.29, 0.717) is 6.42 Å². The first kappa shape index (κ1) is 19.0. The minimum absolute atomic E-state index is 0.113. The monoisotopic (exact) mass is 332 g/mol. The first-order chi connectivity index (χ1) is 11.6. The molecule has 0 heterocycles. The van der Waals surface area contributed by atoms with Crippen LogP contribution in [-0.4, -0.2) is 16.1 Å². The van der Waals surface area contributed by atoms with Gasteiger partial charge < -0.3 is 0 Å². The second-order valence-corrected chi connectivity index (χ2v) is 4.80. The Morgan fingerprint density at radius 2 is 1.83 bits per heavy atom. The van der Waals surface area contributed by atoms with Crippen LogP contribution in [0.1, 0.15) is 32.6 Å². The van der Waals surface area contributed by atoms with Crippen LogP contribution in [0.3, 0.4) is 0 Å². The smallest absolute Gasteiger partial charge is 0.272 e. The molecule has 0 amide bonds. The van der Waals surface area contributed by atoms with E-state index in [9.17, 15) is 20.2 Å². The molecule has 8 heteroatoms. The molecule has 8 nitrogen and oxygen atoms in total. The zero-order valence-electron chi connectivity index (χ0n) is 13.4. The predicted molar refractivity (Wildman–Crippen MR) is 94.3 cm³/mol. The van der Waals surface area contributed by atoms with Crippen molar-refractivity contribution in [2.45, 2.75) is 32.6 Å². The number of benzene rings is 1. The maximum absolute atomic E-state index is 11.0. The number of rotatable bonds is 10. The Morgan fingerprint density at radius 3 is 2.50 bits per heavy atom. The molecule has 0 saturated heterocycles. The molecule has 0 bridgehead atoms. The number of allylic oxidation sites excluding steroid dienone is 4. The number of anilines is 1. The van der Waals surface area contributed by atoms with Crippen LogP contribution in [0.5, 0.6) is 0 Å². The zero-order valence-corrected chi connectivity index (χ0v) is 13.4. The number of hydrogen-bond acceptors (Lipinski definition) is 6. The van der Waals surface area contributed by atoms with E-state index in [1.165, 1.54) is 12.1 Å². The molecule has 0 spiro atoms. The van der Waals surface area contributed by atoms with Crippen LogP contribution in [0.4, 0.5) is 17.1 Å². The van der Waals surface area contributed by atoms with Crippen molar-refractivity contribution in [2.75, 3.05) is 5.43 Å². The lowest BCUT2D eigenvalue weighted by Gasteiger charge is -2.01. The lowest BCUT2D eigenvalue weighted by Crippen LogP contribution is -1.98. The van der Waals surface area contributed by atoms with Crippen molar-refractivity contribution in [3.05, 3.63) is 62.7 Å². The number of nitro benzene ring substituents is 2. The molecule has 1 aromatic rings. The van der Waals surface area contributed by atoms with E-state index in [0.717, 1.165) is 25.3 Å². The maximum Gasteiger partial charge on any atom is 0.301 e. The molecule has 0 saturated carbocycles. The number of nitrogens with zero attached hydrogens (tertiary/aromatic N) is 3. The van der Waals surface area contributed by atoms with Crippen molar-refractivity contribution in [1.29, 1.82) is 0 Å². The summed E-state index contributed by atoms with van der Waals surface area (Å²) in [6, 6.07) is 3.37. The summed E-state index contributed by atoms with van der Waals surface area (Å²) >= 11 is 0. The second-order valence-electron chi connectivity index (χ2n) is 4.80. The van der Waals surface area contributed by atoms with E-state index >= 15 is 0 Å². The van der Waals surface area contributed by atoms with Gasteiger partial charge in [0.2, 0.25) is 0 Å². The Bertz CT molecular complexity index is 653. The largest absolute Gasteiger partial charge is 0.301 e. The van der Waals surface area contributed by atoms with Gasteiger partial charge in [0.25, 0.3) is 5.69 Å². The Balaban J connectivity index is 2.50. The van der Waals surface area contributed by atoms with Crippen LogP contribution in [-0.2, 0) is 0 Å². The standard InChI is InChI=1S/C16H20N4O4/c1-2-3-4-5-6-7-8-9-12-17-18-15-11-10-14(19(21)22)13-16(15)20(23)24/h3-4,6-7,10-13,18H,2,5,8-9H2,1H3/b4-3-,7-6-,17-12+. The van der Waals surface area contributed by atoms with Crippen LogP contribution in [0.2, 0.25) is 0 Å². The van der Waals surface area contributed by atoms with Gasteiger partial charge in [0, 0.05) is 12.3 Å². The van der Waals surface area contributed by atoms with Crippen LogP contribution < -0.4 is 5.43 Å².